The molecule has 206 valence electrons. The minimum Gasteiger partial charge on any atom is -0.351 e. The highest BCUT2D eigenvalue weighted by Gasteiger charge is 2.46. The van der Waals surface area contributed by atoms with Crippen LogP contribution in [0.25, 0.3) is 0 Å². The zero-order valence-electron chi connectivity index (χ0n) is 22.1. The Labute approximate surface area is 238 Å². The van der Waals surface area contributed by atoms with Gasteiger partial charge in [-0.15, -0.1) is 0 Å². The highest BCUT2D eigenvalue weighted by Crippen LogP contribution is 2.39. The number of rotatable bonds is 7. The number of hydrogen-bond donors (Lipinski definition) is 2. The van der Waals surface area contributed by atoms with Gasteiger partial charge in [-0.2, -0.15) is 0 Å². The van der Waals surface area contributed by atoms with Gasteiger partial charge in [0.25, 0.3) is 5.91 Å². The molecule has 0 aliphatic carbocycles. The molecule has 0 spiro atoms. The predicted molar refractivity (Wildman–Crippen MR) is 151 cm³/mol. The van der Waals surface area contributed by atoms with E-state index in [0.717, 1.165) is 32.5 Å². The van der Waals surface area contributed by atoms with E-state index in [1.165, 1.54) is 5.56 Å². The van der Waals surface area contributed by atoms with Crippen molar-refractivity contribution in [2.24, 2.45) is 0 Å². The summed E-state index contributed by atoms with van der Waals surface area (Å²) in [6, 6.07) is 13.7. The number of amides is 4. The largest absolute Gasteiger partial charge is 0.351 e. The van der Waals surface area contributed by atoms with E-state index >= 15 is 0 Å². The van der Waals surface area contributed by atoms with Crippen molar-refractivity contribution in [3.63, 3.8) is 0 Å². The number of benzene rings is 2. The normalized spacial score (nSPS) is 21.2. The van der Waals surface area contributed by atoms with Gasteiger partial charge in [-0.25, -0.2) is 4.79 Å². The van der Waals surface area contributed by atoms with E-state index in [2.05, 4.69) is 27.7 Å². The summed E-state index contributed by atoms with van der Waals surface area (Å²) in [6.07, 6.45) is 1.71. The molecular formula is C29H33Cl2N5O3. The molecule has 3 aliphatic rings. The lowest BCUT2D eigenvalue weighted by Gasteiger charge is -2.34. The van der Waals surface area contributed by atoms with E-state index in [1.807, 2.05) is 25.1 Å². The Kier molecular flexibility index (Phi) is 8.16. The summed E-state index contributed by atoms with van der Waals surface area (Å²) < 4.78 is 0. The Morgan fingerprint density at radius 1 is 1.10 bits per heavy atom. The van der Waals surface area contributed by atoms with Crippen LogP contribution in [0.1, 0.15) is 43.9 Å². The third kappa shape index (κ3) is 5.64. The molecule has 2 atom stereocenters. The molecule has 4 amide bonds. The minimum atomic E-state index is -0.721. The number of nitrogens with zero attached hydrogens (tertiary/aromatic N) is 3. The van der Waals surface area contributed by atoms with Gasteiger partial charge in [-0.1, -0.05) is 59.6 Å². The topological polar surface area (TPSA) is 85.0 Å². The van der Waals surface area contributed by atoms with E-state index in [0.29, 0.717) is 33.4 Å². The number of carbonyl (C=O) groups is 3. The van der Waals surface area contributed by atoms with Crippen molar-refractivity contribution in [2.45, 2.75) is 51.4 Å². The van der Waals surface area contributed by atoms with Gasteiger partial charge < -0.3 is 15.5 Å². The first-order valence-electron chi connectivity index (χ1n) is 13.4. The molecule has 8 nitrogen and oxygen atoms in total. The number of likely N-dealkylation sites (N-methyl/N-ethyl adjacent to an activating group) is 1. The maximum absolute atomic E-state index is 13.8. The van der Waals surface area contributed by atoms with Crippen LogP contribution in [-0.4, -0.2) is 70.8 Å². The van der Waals surface area contributed by atoms with E-state index in [-0.39, 0.29) is 30.4 Å². The summed E-state index contributed by atoms with van der Waals surface area (Å²) in [7, 11) is 0. The molecule has 2 aromatic carbocycles. The van der Waals surface area contributed by atoms with Crippen LogP contribution in [0.2, 0.25) is 10.0 Å². The summed E-state index contributed by atoms with van der Waals surface area (Å²) in [4.78, 5) is 45.5. The molecular weight excluding hydrogens is 537 g/mol. The molecule has 1 saturated heterocycles. The molecule has 3 heterocycles. The van der Waals surface area contributed by atoms with Gasteiger partial charge in [0, 0.05) is 42.3 Å². The van der Waals surface area contributed by atoms with Crippen molar-refractivity contribution in [1.29, 1.82) is 0 Å². The maximum Gasteiger partial charge on any atom is 0.322 e. The average molecular weight is 571 g/mol. The van der Waals surface area contributed by atoms with Gasteiger partial charge in [-0.05, 0) is 49.9 Å². The van der Waals surface area contributed by atoms with Crippen LogP contribution in [0.3, 0.4) is 0 Å². The Morgan fingerprint density at radius 2 is 1.82 bits per heavy atom. The van der Waals surface area contributed by atoms with Gasteiger partial charge >= 0.3 is 6.03 Å². The minimum absolute atomic E-state index is 0.0586. The van der Waals surface area contributed by atoms with Crippen molar-refractivity contribution in [1.82, 2.24) is 25.3 Å². The van der Waals surface area contributed by atoms with Crippen molar-refractivity contribution in [3.8, 4) is 0 Å². The van der Waals surface area contributed by atoms with Crippen LogP contribution in [0.15, 0.2) is 59.8 Å². The van der Waals surface area contributed by atoms with Gasteiger partial charge in [0.1, 0.15) is 6.04 Å². The monoisotopic (exact) mass is 569 g/mol. The first-order valence-corrected chi connectivity index (χ1v) is 14.2. The lowest BCUT2D eigenvalue weighted by atomic mass is 9.95. The van der Waals surface area contributed by atoms with E-state index in [9.17, 15) is 14.4 Å². The molecule has 2 aromatic rings. The van der Waals surface area contributed by atoms with Gasteiger partial charge in [0.15, 0.2) is 0 Å². The number of likely N-dealkylation sites (tertiary alicyclic amines) is 1. The summed E-state index contributed by atoms with van der Waals surface area (Å²) >= 11 is 12.5. The number of urea groups is 1. The fourth-order valence-electron chi connectivity index (χ4n) is 5.67. The molecule has 39 heavy (non-hydrogen) atoms. The van der Waals surface area contributed by atoms with Gasteiger partial charge in [0.05, 0.1) is 23.9 Å². The lowest BCUT2D eigenvalue weighted by molar-refractivity contribution is -0.136. The number of piperidine rings is 1. The van der Waals surface area contributed by atoms with Crippen LogP contribution in [-0.2, 0) is 16.1 Å². The van der Waals surface area contributed by atoms with E-state index < -0.39 is 12.1 Å². The van der Waals surface area contributed by atoms with Crippen LogP contribution >= 0.6 is 23.2 Å². The second-order valence-corrected chi connectivity index (χ2v) is 11.2. The smallest absolute Gasteiger partial charge is 0.322 e. The van der Waals surface area contributed by atoms with Crippen molar-refractivity contribution < 1.29 is 14.4 Å². The SMILES string of the molecule is CCN1C(=O)N[C@@H](c2ccc(Cl)cc2Cl)C2=C1CN([C@@H](C)C(=O)NC1CCN(Cc3ccccc3)CC1)C2=O. The molecule has 5 rings (SSSR count). The molecule has 0 radical (unpaired) electrons. The van der Waals surface area contributed by atoms with Gasteiger partial charge in [0.2, 0.25) is 5.91 Å². The van der Waals surface area contributed by atoms with Crippen LogP contribution < -0.4 is 10.6 Å². The third-order valence-electron chi connectivity index (χ3n) is 7.87. The molecule has 0 saturated carbocycles. The van der Waals surface area contributed by atoms with Crippen LogP contribution in [0.5, 0.6) is 0 Å². The summed E-state index contributed by atoms with van der Waals surface area (Å²) in [5.41, 5.74) is 2.92. The molecule has 3 aliphatic heterocycles. The molecule has 0 aromatic heterocycles. The Morgan fingerprint density at radius 3 is 2.49 bits per heavy atom. The van der Waals surface area contributed by atoms with Crippen molar-refractivity contribution >= 4 is 41.0 Å². The molecule has 10 heteroatoms. The molecule has 0 bridgehead atoms. The third-order valence-corrected chi connectivity index (χ3v) is 8.43. The first kappa shape index (κ1) is 27.5. The lowest BCUT2D eigenvalue weighted by Crippen LogP contribution is -2.52. The van der Waals surface area contributed by atoms with Crippen molar-refractivity contribution in [3.05, 3.63) is 81.0 Å². The number of halogens is 2. The first-order chi connectivity index (χ1) is 18.8. The molecule has 2 N–H and O–H groups in total. The second-order valence-electron chi connectivity index (χ2n) is 10.3. The van der Waals surface area contributed by atoms with Crippen molar-refractivity contribution in [2.75, 3.05) is 26.2 Å². The zero-order valence-corrected chi connectivity index (χ0v) is 23.6. The Bertz CT molecular complexity index is 1290. The van der Waals surface area contributed by atoms with E-state index in [4.69, 9.17) is 23.2 Å². The second kappa shape index (κ2) is 11.6. The Balaban J connectivity index is 1.25. The summed E-state index contributed by atoms with van der Waals surface area (Å²) in [5, 5.41) is 6.91. The fraction of sp³-hybridized carbons (Fsp3) is 0.414. The predicted octanol–water partition coefficient (Wildman–Crippen LogP) is 4.35. The maximum atomic E-state index is 13.8. The van der Waals surface area contributed by atoms with Crippen LogP contribution in [0.4, 0.5) is 4.79 Å². The zero-order chi connectivity index (χ0) is 27.7. The molecule has 0 unspecified atom stereocenters. The Hall–Kier alpha value is -3.07. The number of carbonyl (C=O) groups excluding carboxylic acids is 3. The summed E-state index contributed by atoms with van der Waals surface area (Å²) in [5.74, 6) is -0.465. The standard InChI is InChI=1S/C29H33Cl2N5O3/c1-3-35-24-17-36(28(38)25(24)26(33-29(35)39)22-10-9-20(30)15-23(22)31)18(2)27(37)32-21-11-13-34(14-12-21)16-19-7-5-4-6-8-19/h4-10,15,18,21,26H,3,11-14,16-17H2,1-2H3,(H,32,37)(H,33,39)/t18-,26-/m0/s1. The average Bonchev–Trinajstić information content (AvgIpc) is 3.26. The number of nitrogens with one attached hydrogen (secondary N) is 2. The quantitative estimate of drug-likeness (QED) is 0.519. The highest BCUT2D eigenvalue weighted by molar-refractivity contribution is 6.35. The van der Waals surface area contributed by atoms with Crippen LogP contribution in [0, 0.1) is 0 Å². The summed E-state index contributed by atoms with van der Waals surface area (Å²) in [6.45, 7) is 6.87. The molecule has 1 fully saturated rings. The van der Waals surface area contributed by atoms with Gasteiger partial charge in [-0.3, -0.25) is 19.4 Å². The fourth-order valence-corrected chi connectivity index (χ4v) is 6.19. The number of hydrogen-bond acceptors (Lipinski definition) is 4. The highest BCUT2D eigenvalue weighted by atomic mass is 35.5. The van der Waals surface area contributed by atoms with E-state index in [1.54, 1.807) is 34.9 Å².